The zero-order valence-corrected chi connectivity index (χ0v) is 13.8. The Labute approximate surface area is 131 Å². The van der Waals surface area contributed by atoms with Crippen LogP contribution < -0.4 is 5.32 Å². The lowest BCUT2D eigenvalue weighted by Gasteiger charge is -2.31. The van der Waals surface area contributed by atoms with E-state index in [1.807, 2.05) is 0 Å². The fourth-order valence-corrected chi connectivity index (χ4v) is 3.63. The minimum Gasteiger partial charge on any atom is -0.342 e. The highest BCUT2D eigenvalue weighted by atomic mass is 32.2. The number of benzene rings is 1. The van der Waals surface area contributed by atoms with Crippen molar-refractivity contribution >= 4 is 21.0 Å². The maximum atomic E-state index is 9.19. The summed E-state index contributed by atoms with van der Waals surface area (Å²) in [6, 6.07) is 7.54. The lowest BCUT2D eigenvalue weighted by molar-refractivity contribution is 0.384. The number of aryl methyl sites for hydroxylation is 2. The van der Waals surface area contributed by atoms with Crippen LogP contribution in [0.4, 0.5) is 0 Å². The van der Waals surface area contributed by atoms with Crippen molar-refractivity contribution in [1.82, 2.24) is 9.88 Å². The first-order chi connectivity index (χ1) is 10.3. The van der Waals surface area contributed by atoms with Gasteiger partial charge in [-0.3, -0.25) is 4.55 Å². The van der Waals surface area contributed by atoms with Crippen LogP contribution in [0.15, 0.2) is 18.2 Å². The number of nitrogens with zero attached hydrogens (tertiary/aromatic N) is 1. The molecule has 1 aromatic heterocycles. The second-order valence-corrected chi connectivity index (χ2v) is 7.63. The van der Waals surface area contributed by atoms with E-state index >= 15 is 0 Å². The third kappa shape index (κ3) is 3.04. The van der Waals surface area contributed by atoms with E-state index in [1.165, 1.54) is 35.7 Å². The zero-order chi connectivity index (χ0) is 15.9. The molecule has 0 amide bonds. The summed E-state index contributed by atoms with van der Waals surface area (Å²) in [5.41, 5.74) is 6.04. The molecular formula is C16H22N2O3S. The molecule has 0 bridgehead atoms. The van der Waals surface area contributed by atoms with Crippen LogP contribution in [0.2, 0.25) is 0 Å². The second kappa shape index (κ2) is 5.68. The number of aromatic nitrogens is 1. The number of hydrogen-bond donors (Lipinski definition) is 2. The molecule has 0 saturated heterocycles. The van der Waals surface area contributed by atoms with Gasteiger partial charge < -0.3 is 9.88 Å². The van der Waals surface area contributed by atoms with Gasteiger partial charge in [0.1, 0.15) is 0 Å². The smallest absolute Gasteiger partial charge is 0.261 e. The van der Waals surface area contributed by atoms with Crippen LogP contribution in [-0.2, 0) is 23.1 Å². The summed E-state index contributed by atoms with van der Waals surface area (Å²) in [6.07, 6.45) is 4.62. The van der Waals surface area contributed by atoms with Crippen molar-refractivity contribution in [3.8, 4) is 0 Å². The van der Waals surface area contributed by atoms with Crippen LogP contribution in [0.1, 0.15) is 35.7 Å². The molecule has 1 aliphatic carbocycles. The first-order valence-corrected chi connectivity index (χ1v) is 9.47. The molecule has 0 unspecified atom stereocenters. The number of nitrogens with one attached hydrogen (secondary N) is 1. The highest BCUT2D eigenvalue weighted by molar-refractivity contribution is 7.85. The summed E-state index contributed by atoms with van der Waals surface area (Å²) >= 11 is 0. The van der Waals surface area contributed by atoms with E-state index in [-0.39, 0.29) is 0 Å². The molecule has 5 nitrogen and oxygen atoms in total. The van der Waals surface area contributed by atoms with Gasteiger partial charge in [-0.1, -0.05) is 11.6 Å². The molecule has 120 valence electrons. The predicted octanol–water partition coefficient (Wildman–Crippen LogP) is 2.43. The molecule has 0 fully saturated rings. The van der Waals surface area contributed by atoms with Gasteiger partial charge in [0.2, 0.25) is 0 Å². The topological polar surface area (TPSA) is 71.3 Å². The van der Waals surface area contributed by atoms with Crippen molar-refractivity contribution in [2.45, 2.75) is 38.8 Å². The standard InChI is InChI=1S/C15H18N2.CH4O3S/c1-10-5-6-14-12(9-10)11-3-2-4-13-15(11)17(14)8-7-16-13;1-5(2,3)4/h5-6,9,13,16H,2-4,7-8H2,1H3;1H3,(H,2,3,4)/t13-;/m0./s1. The number of hydrogen-bond acceptors (Lipinski definition) is 3. The molecule has 6 heteroatoms. The summed E-state index contributed by atoms with van der Waals surface area (Å²) in [4.78, 5) is 0. The van der Waals surface area contributed by atoms with Crippen molar-refractivity contribution in [3.05, 3.63) is 35.0 Å². The summed E-state index contributed by atoms with van der Waals surface area (Å²) in [7, 11) is -3.67. The van der Waals surface area contributed by atoms with Gasteiger partial charge in [0, 0.05) is 35.7 Å². The normalized spacial score (nSPS) is 20.2. The first kappa shape index (κ1) is 15.5. The van der Waals surface area contributed by atoms with Gasteiger partial charge in [-0.15, -0.1) is 0 Å². The third-order valence-electron chi connectivity index (χ3n) is 4.34. The summed E-state index contributed by atoms with van der Waals surface area (Å²) in [6.45, 7) is 4.45. The fraction of sp³-hybridized carbons (Fsp3) is 0.500. The first-order valence-electron chi connectivity index (χ1n) is 7.62. The van der Waals surface area contributed by atoms with Gasteiger partial charge in [-0.25, -0.2) is 0 Å². The third-order valence-corrected chi connectivity index (χ3v) is 4.34. The lowest BCUT2D eigenvalue weighted by Crippen LogP contribution is -2.35. The van der Waals surface area contributed by atoms with Gasteiger partial charge in [0.05, 0.1) is 6.26 Å². The lowest BCUT2D eigenvalue weighted by atomic mass is 9.90. The number of fused-ring (bicyclic) bond motifs is 3. The van der Waals surface area contributed by atoms with Crippen molar-refractivity contribution in [2.24, 2.45) is 0 Å². The van der Waals surface area contributed by atoms with Crippen molar-refractivity contribution in [3.63, 3.8) is 0 Å². The van der Waals surface area contributed by atoms with Crippen LogP contribution in [0, 0.1) is 6.92 Å². The van der Waals surface area contributed by atoms with E-state index in [0.29, 0.717) is 12.3 Å². The molecule has 1 aromatic carbocycles. The molecule has 2 aromatic rings. The molecule has 22 heavy (non-hydrogen) atoms. The van der Waals surface area contributed by atoms with E-state index in [1.54, 1.807) is 11.3 Å². The Hall–Kier alpha value is -1.37. The fourth-order valence-electron chi connectivity index (χ4n) is 3.63. The largest absolute Gasteiger partial charge is 0.342 e. The van der Waals surface area contributed by atoms with Crippen molar-refractivity contribution in [2.75, 3.05) is 12.8 Å². The maximum Gasteiger partial charge on any atom is 0.261 e. The molecule has 0 radical (unpaired) electrons. The average Bonchev–Trinajstić information content (AvgIpc) is 2.74. The molecule has 1 atom stereocenters. The van der Waals surface area contributed by atoms with E-state index in [0.717, 1.165) is 13.1 Å². The quantitative estimate of drug-likeness (QED) is 0.731. The molecular weight excluding hydrogens is 300 g/mol. The summed E-state index contributed by atoms with van der Waals surface area (Å²) < 4.78 is 28.4. The van der Waals surface area contributed by atoms with Crippen LogP contribution in [0.25, 0.3) is 10.9 Å². The van der Waals surface area contributed by atoms with Gasteiger partial charge in [-0.2, -0.15) is 8.42 Å². The molecule has 0 spiro atoms. The SMILES string of the molecule is CS(=O)(=O)O.Cc1ccc2c(c1)c1c3n2CCN[C@H]3CCC1. The Kier molecular flexibility index (Phi) is 4.01. The Morgan fingerprint density at radius 2 is 2.09 bits per heavy atom. The Morgan fingerprint density at radius 1 is 1.36 bits per heavy atom. The highest BCUT2D eigenvalue weighted by Crippen LogP contribution is 2.39. The molecule has 2 aliphatic rings. The van der Waals surface area contributed by atoms with Crippen molar-refractivity contribution < 1.29 is 13.0 Å². The minimum atomic E-state index is -3.67. The highest BCUT2D eigenvalue weighted by Gasteiger charge is 2.29. The van der Waals surface area contributed by atoms with Gasteiger partial charge in [0.15, 0.2) is 0 Å². The summed E-state index contributed by atoms with van der Waals surface area (Å²) in [5, 5.41) is 5.18. The Morgan fingerprint density at radius 3 is 2.82 bits per heavy atom. The van der Waals surface area contributed by atoms with E-state index < -0.39 is 10.1 Å². The van der Waals surface area contributed by atoms with E-state index in [4.69, 9.17) is 4.55 Å². The molecule has 0 saturated carbocycles. The van der Waals surface area contributed by atoms with Gasteiger partial charge >= 0.3 is 0 Å². The molecule has 1 aliphatic heterocycles. The van der Waals surface area contributed by atoms with Gasteiger partial charge in [-0.05, 0) is 43.9 Å². The molecule has 2 N–H and O–H groups in total. The summed E-state index contributed by atoms with van der Waals surface area (Å²) in [5.74, 6) is 0. The van der Waals surface area contributed by atoms with E-state index in [2.05, 4.69) is 35.0 Å². The van der Waals surface area contributed by atoms with E-state index in [9.17, 15) is 8.42 Å². The predicted molar refractivity (Wildman–Crippen MR) is 87.8 cm³/mol. The monoisotopic (exact) mass is 322 g/mol. The maximum absolute atomic E-state index is 9.19. The molecule has 4 rings (SSSR count). The van der Waals surface area contributed by atoms with Gasteiger partial charge in [0.25, 0.3) is 10.1 Å². The molecule has 2 heterocycles. The van der Waals surface area contributed by atoms with Crippen LogP contribution in [-0.4, -0.2) is 30.3 Å². The average molecular weight is 322 g/mol. The van der Waals surface area contributed by atoms with Crippen LogP contribution >= 0.6 is 0 Å². The van der Waals surface area contributed by atoms with Crippen molar-refractivity contribution in [1.29, 1.82) is 0 Å². The minimum absolute atomic E-state index is 0.611. The number of rotatable bonds is 0. The Bertz CT molecular complexity index is 798. The second-order valence-electron chi connectivity index (χ2n) is 6.17. The van der Waals surface area contributed by atoms with Crippen LogP contribution in [0.3, 0.4) is 0 Å². The Balaban J connectivity index is 0.000000254. The zero-order valence-electron chi connectivity index (χ0n) is 13.0. The van der Waals surface area contributed by atoms with Crippen LogP contribution in [0.5, 0.6) is 0 Å².